The molecular formula is C15H27N3O3. The van der Waals surface area contributed by atoms with Crippen LogP contribution < -0.4 is 5.73 Å². The number of piperidine rings is 1. The van der Waals surface area contributed by atoms with Crippen molar-refractivity contribution in [1.82, 2.24) is 9.80 Å². The monoisotopic (exact) mass is 297 g/mol. The highest BCUT2D eigenvalue weighted by molar-refractivity contribution is 5.82. The maximum absolute atomic E-state index is 12.2. The summed E-state index contributed by atoms with van der Waals surface area (Å²) in [5.74, 6) is -0.544. The zero-order valence-corrected chi connectivity index (χ0v) is 13.0. The highest BCUT2D eigenvalue weighted by Gasteiger charge is 2.37. The van der Waals surface area contributed by atoms with Crippen LogP contribution in [-0.2, 0) is 9.59 Å². The first kappa shape index (κ1) is 16.2. The lowest BCUT2D eigenvalue weighted by Crippen LogP contribution is -2.53. The second kappa shape index (κ2) is 6.75. The molecule has 3 N–H and O–H groups in total. The minimum Gasteiger partial charge on any atom is -0.480 e. The Morgan fingerprint density at radius 3 is 2.29 bits per heavy atom. The summed E-state index contributed by atoms with van der Waals surface area (Å²) in [7, 11) is 0. The summed E-state index contributed by atoms with van der Waals surface area (Å²) in [5, 5.41) is 9.27. The van der Waals surface area contributed by atoms with Crippen molar-refractivity contribution in [3.05, 3.63) is 0 Å². The number of rotatable bonds is 4. The van der Waals surface area contributed by atoms with Crippen molar-refractivity contribution in [3.63, 3.8) is 0 Å². The SMILES string of the molecule is CC(C)[C@H](N)C(=O)N1CCC(N2CCCC2C(=O)O)CC1. The third-order valence-electron chi connectivity index (χ3n) is 4.83. The van der Waals surface area contributed by atoms with Crippen LogP contribution in [0.5, 0.6) is 0 Å². The van der Waals surface area contributed by atoms with Gasteiger partial charge in [0.15, 0.2) is 0 Å². The average molecular weight is 297 g/mol. The highest BCUT2D eigenvalue weighted by Crippen LogP contribution is 2.26. The van der Waals surface area contributed by atoms with Crippen LogP contribution in [0, 0.1) is 5.92 Å². The topological polar surface area (TPSA) is 86.9 Å². The summed E-state index contributed by atoms with van der Waals surface area (Å²) in [6, 6.07) is -0.483. The number of aliphatic carboxylic acids is 1. The number of nitrogens with zero attached hydrogens (tertiary/aromatic N) is 2. The van der Waals surface area contributed by atoms with Crippen molar-refractivity contribution in [3.8, 4) is 0 Å². The molecule has 21 heavy (non-hydrogen) atoms. The summed E-state index contributed by atoms with van der Waals surface area (Å²) < 4.78 is 0. The van der Waals surface area contributed by atoms with E-state index in [1.807, 2.05) is 18.7 Å². The smallest absolute Gasteiger partial charge is 0.320 e. The van der Waals surface area contributed by atoms with Gasteiger partial charge in [0.05, 0.1) is 6.04 Å². The minimum atomic E-state index is -0.715. The molecule has 0 saturated carbocycles. The molecule has 0 aromatic heterocycles. The number of carboxylic acid groups (broad SMARTS) is 1. The van der Waals surface area contributed by atoms with Crippen LogP contribution in [0.2, 0.25) is 0 Å². The van der Waals surface area contributed by atoms with E-state index in [9.17, 15) is 14.7 Å². The first-order chi connectivity index (χ1) is 9.91. The molecule has 2 aliphatic heterocycles. The molecule has 0 spiro atoms. The van der Waals surface area contributed by atoms with Crippen LogP contribution in [-0.4, -0.2) is 64.5 Å². The maximum atomic E-state index is 12.2. The molecule has 0 radical (unpaired) electrons. The van der Waals surface area contributed by atoms with Crippen LogP contribution in [0.15, 0.2) is 0 Å². The van der Waals surface area contributed by atoms with Crippen LogP contribution >= 0.6 is 0 Å². The van der Waals surface area contributed by atoms with Gasteiger partial charge in [0.25, 0.3) is 0 Å². The summed E-state index contributed by atoms with van der Waals surface area (Å²) in [5.41, 5.74) is 5.93. The second-order valence-electron chi connectivity index (χ2n) is 6.56. The van der Waals surface area contributed by atoms with E-state index in [1.165, 1.54) is 0 Å². The van der Waals surface area contributed by atoms with Gasteiger partial charge in [0.1, 0.15) is 6.04 Å². The van der Waals surface area contributed by atoms with Gasteiger partial charge >= 0.3 is 5.97 Å². The molecule has 6 nitrogen and oxygen atoms in total. The predicted octanol–water partition coefficient (Wildman–Crippen LogP) is 0.510. The number of hydrogen-bond acceptors (Lipinski definition) is 4. The largest absolute Gasteiger partial charge is 0.480 e. The van der Waals surface area contributed by atoms with Crippen LogP contribution in [0.3, 0.4) is 0 Å². The third kappa shape index (κ3) is 3.55. The molecule has 6 heteroatoms. The van der Waals surface area contributed by atoms with E-state index < -0.39 is 12.0 Å². The van der Waals surface area contributed by atoms with Crippen LogP contribution in [0.25, 0.3) is 0 Å². The molecule has 1 unspecified atom stereocenters. The molecule has 2 rings (SSSR count). The number of carboxylic acids is 1. The van der Waals surface area contributed by atoms with E-state index in [0.29, 0.717) is 13.1 Å². The number of likely N-dealkylation sites (tertiary alicyclic amines) is 2. The standard InChI is InChI=1S/C15H27N3O3/c1-10(2)13(16)14(19)17-8-5-11(6-9-17)18-7-3-4-12(18)15(20)21/h10-13H,3-9,16H2,1-2H3,(H,20,21)/t12?,13-/m0/s1. The molecular weight excluding hydrogens is 270 g/mol. The van der Waals surface area contributed by atoms with Crippen molar-refractivity contribution < 1.29 is 14.7 Å². The van der Waals surface area contributed by atoms with E-state index >= 15 is 0 Å². The number of amides is 1. The van der Waals surface area contributed by atoms with Crippen LogP contribution in [0.4, 0.5) is 0 Å². The first-order valence-corrected chi connectivity index (χ1v) is 7.94. The molecule has 1 amide bonds. The third-order valence-corrected chi connectivity index (χ3v) is 4.83. The van der Waals surface area contributed by atoms with Gasteiger partial charge in [0.2, 0.25) is 5.91 Å². The molecule has 2 aliphatic rings. The molecule has 120 valence electrons. The molecule has 2 heterocycles. The summed E-state index contributed by atoms with van der Waals surface area (Å²) in [6.07, 6.45) is 3.39. The Kier molecular flexibility index (Phi) is 5.22. The Morgan fingerprint density at radius 2 is 1.76 bits per heavy atom. The summed E-state index contributed by atoms with van der Waals surface area (Å²) in [6.45, 7) is 6.15. The predicted molar refractivity (Wildman–Crippen MR) is 79.8 cm³/mol. The van der Waals surface area contributed by atoms with E-state index in [-0.39, 0.29) is 23.9 Å². The lowest BCUT2D eigenvalue weighted by atomic mass is 9.99. The molecule has 2 saturated heterocycles. The van der Waals surface area contributed by atoms with Gasteiger partial charge in [-0.15, -0.1) is 0 Å². The molecule has 0 aliphatic carbocycles. The Hall–Kier alpha value is -1.14. The molecule has 0 bridgehead atoms. The zero-order valence-electron chi connectivity index (χ0n) is 13.0. The van der Waals surface area contributed by atoms with Crippen molar-refractivity contribution in [2.24, 2.45) is 11.7 Å². The van der Waals surface area contributed by atoms with Gasteiger partial charge in [-0.05, 0) is 38.1 Å². The molecule has 2 fully saturated rings. The van der Waals surface area contributed by atoms with Gasteiger partial charge < -0.3 is 15.7 Å². The fraction of sp³-hybridized carbons (Fsp3) is 0.867. The lowest BCUT2D eigenvalue weighted by Gasteiger charge is -2.39. The fourth-order valence-corrected chi connectivity index (χ4v) is 3.41. The zero-order chi connectivity index (χ0) is 15.6. The van der Waals surface area contributed by atoms with E-state index in [0.717, 1.165) is 32.2 Å². The van der Waals surface area contributed by atoms with Crippen molar-refractivity contribution >= 4 is 11.9 Å². The van der Waals surface area contributed by atoms with Gasteiger partial charge in [-0.25, -0.2) is 0 Å². The van der Waals surface area contributed by atoms with E-state index in [4.69, 9.17) is 5.73 Å². The van der Waals surface area contributed by atoms with Crippen LogP contribution in [0.1, 0.15) is 39.5 Å². The fourth-order valence-electron chi connectivity index (χ4n) is 3.41. The van der Waals surface area contributed by atoms with Gasteiger partial charge in [0, 0.05) is 19.1 Å². The maximum Gasteiger partial charge on any atom is 0.320 e. The minimum absolute atomic E-state index is 0.0275. The quantitative estimate of drug-likeness (QED) is 0.789. The Bertz CT molecular complexity index is 392. The first-order valence-electron chi connectivity index (χ1n) is 7.94. The molecule has 0 aromatic carbocycles. The van der Waals surface area contributed by atoms with Crippen molar-refractivity contribution in [2.45, 2.75) is 57.7 Å². The number of carbonyl (C=O) groups excluding carboxylic acids is 1. The molecule has 0 aromatic rings. The van der Waals surface area contributed by atoms with Gasteiger partial charge in [-0.2, -0.15) is 0 Å². The number of nitrogens with two attached hydrogens (primary N) is 1. The summed E-state index contributed by atoms with van der Waals surface area (Å²) in [4.78, 5) is 27.5. The lowest BCUT2D eigenvalue weighted by molar-refractivity contribution is -0.144. The van der Waals surface area contributed by atoms with Crippen molar-refractivity contribution in [1.29, 1.82) is 0 Å². The Balaban J connectivity index is 1.88. The highest BCUT2D eigenvalue weighted by atomic mass is 16.4. The Morgan fingerprint density at radius 1 is 1.14 bits per heavy atom. The number of carbonyl (C=O) groups is 2. The van der Waals surface area contributed by atoms with Gasteiger partial charge in [-0.1, -0.05) is 13.8 Å². The average Bonchev–Trinajstić information content (AvgIpc) is 2.95. The normalized spacial score (nSPS) is 26.3. The van der Waals surface area contributed by atoms with E-state index in [2.05, 4.69) is 4.90 Å². The Labute approximate surface area is 126 Å². The summed E-state index contributed by atoms with van der Waals surface area (Å²) >= 11 is 0. The van der Waals surface area contributed by atoms with Gasteiger partial charge in [-0.3, -0.25) is 14.5 Å². The molecule has 2 atom stereocenters. The number of hydrogen-bond donors (Lipinski definition) is 2. The van der Waals surface area contributed by atoms with E-state index in [1.54, 1.807) is 0 Å². The van der Waals surface area contributed by atoms with Crippen molar-refractivity contribution in [2.75, 3.05) is 19.6 Å². The second-order valence-corrected chi connectivity index (χ2v) is 6.56.